The van der Waals surface area contributed by atoms with Gasteiger partial charge in [-0.25, -0.2) is 4.98 Å². The fourth-order valence-corrected chi connectivity index (χ4v) is 0.857. The highest BCUT2D eigenvalue weighted by Crippen LogP contribution is 2.16. The second-order valence-electron chi connectivity index (χ2n) is 2.54. The maximum absolute atomic E-state index is 11.3. The van der Waals surface area contributed by atoms with Gasteiger partial charge in [-0.05, 0) is 6.07 Å². The molecule has 12 heavy (non-hydrogen) atoms. The molecule has 1 aromatic heterocycles. The van der Waals surface area contributed by atoms with Gasteiger partial charge in [-0.15, -0.1) is 0 Å². The van der Waals surface area contributed by atoms with Gasteiger partial charge >= 0.3 is 5.82 Å². The van der Waals surface area contributed by atoms with Crippen molar-refractivity contribution in [3.8, 4) is 0 Å². The predicted octanol–water partition coefficient (Wildman–Crippen LogP) is 1.20. The first-order valence-corrected chi connectivity index (χ1v) is 3.41. The van der Waals surface area contributed by atoms with E-state index in [1.54, 1.807) is 26.4 Å². The summed E-state index contributed by atoms with van der Waals surface area (Å²) >= 11 is 0. The van der Waals surface area contributed by atoms with Crippen LogP contribution in [0.1, 0.15) is 10.4 Å². The van der Waals surface area contributed by atoms with Gasteiger partial charge in [0.25, 0.3) is 5.91 Å². The molecule has 0 atom stereocenters. The zero-order valence-corrected chi connectivity index (χ0v) is 6.90. The van der Waals surface area contributed by atoms with Crippen LogP contribution in [0.3, 0.4) is 0 Å². The molecule has 0 saturated carbocycles. The van der Waals surface area contributed by atoms with Gasteiger partial charge in [0.2, 0.25) is 0 Å². The molecule has 0 fully saturated rings. The number of nitrogens with zero attached hydrogens (tertiary/aromatic N) is 3. The largest absolute Gasteiger partial charge is 0.435 e. The number of aromatic nitrogens is 1. The van der Waals surface area contributed by atoms with Crippen molar-refractivity contribution in [2.45, 2.75) is 0 Å². The maximum atomic E-state index is 11.3. The van der Waals surface area contributed by atoms with E-state index in [1.807, 2.05) is 0 Å². The lowest BCUT2D eigenvalue weighted by atomic mass is 10.3. The maximum Gasteiger partial charge on any atom is 0.435 e. The molecule has 1 N–H and O–H groups in total. The molecule has 1 heterocycles. The Balaban J connectivity index is 3.04. The van der Waals surface area contributed by atoms with Gasteiger partial charge in [0.1, 0.15) is 0 Å². The van der Waals surface area contributed by atoms with Crippen LogP contribution in [0.25, 0.3) is 4.98 Å². The van der Waals surface area contributed by atoms with E-state index in [-0.39, 0.29) is 11.7 Å². The molecule has 0 spiro atoms. The number of amides is 1. The monoisotopic (exact) mass is 165 g/mol. The Hall–Kier alpha value is -1.83. The first-order chi connectivity index (χ1) is 5.66. The highest BCUT2D eigenvalue weighted by Gasteiger charge is 2.21. The minimum absolute atomic E-state index is 0.189. The molecule has 1 amide bonds. The van der Waals surface area contributed by atoms with Gasteiger partial charge in [0.15, 0.2) is 5.56 Å². The summed E-state index contributed by atoms with van der Waals surface area (Å²) in [4.78, 5) is 18.3. The van der Waals surface area contributed by atoms with E-state index >= 15 is 0 Å². The lowest BCUT2D eigenvalue weighted by molar-refractivity contribution is 0.0829. The van der Waals surface area contributed by atoms with Crippen molar-refractivity contribution in [3.63, 3.8) is 0 Å². The number of aromatic amines is 1. The van der Waals surface area contributed by atoms with E-state index in [0.29, 0.717) is 5.56 Å². The molecular formula is C7H9N4O+. The number of hydrogen-bond acceptors (Lipinski definition) is 2. The summed E-state index contributed by atoms with van der Waals surface area (Å²) in [6.07, 6.45) is 1.55. The molecule has 62 valence electrons. The third-order valence-electron chi connectivity index (χ3n) is 1.46. The second kappa shape index (κ2) is 3.05. The standard InChI is InChI=1S/C7H8N4O/c1-11(2)7(12)5-3-4-9-6(5)10-8/h3-4H,1-2H3/p+1. The first kappa shape index (κ1) is 8.27. The van der Waals surface area contributed by atoms with Crippen molar-refractivity contribution < 1.29 is 4.79 Å². The summed E-state index contributed by atoms with van der Waals surface area (Å²) in [6, 6.07) is 1.57. The quantitative estimate of drug-likeness (QED) is 0.635. The Labute approximate surface area is 69.6 Å². The van der Waals surface area contributed by atoms with Crippen LogP contribution < -0.4 is 0 Å². The molecule has 5 nitrogen and oxygen atoms in total. The van der Waals surface area contributed by atoms with Crippen LogP contribution in [0.4, 0.5) is 5.82 Å². The van der Waals surface area contributed by atoms with Crippen LogP contribution in [-0.2, 0) is 0 Å². The lowest BCUT2D eigenvalue weighted by Gasteiger charge is -2.05. The number of diazo groups is 1. The Morgan fingerprint density at radius 3 is 2.83 bits per heavy atom. The first-order valence-electron chi connectivity index (χ1n) is 3.41. The van der Waals surface area contributed by atoms with E-state index < -0.39 is 0 Å². The molecule has 0 aliphatic rings. The summed E-state index contributed by atoms with van der Waals surface area (Å²) in [7, 11) is 3.27. The highest BCUT2D eigenvalue weighted by molar-refractivity contribution is 5.98. The van der Waals surface area contributed by atoms with Gasteiger partial charge in [0.05, 0.1) is 11.6 Å². The van der Waals surface area contributed by atoms with Gasteiger partial charge in [-0.3, -0.25) is 4.79 Å². The molecule has 1 rings (SSSR count). The van der Waals surface area contributed by atoms with E-state index in [4.69, 9.17) is 5.39 Å². The molecule has 0 aliphatic heterocycles. The van der Waals surface area contributed by atoms with Crippen molar-refractivity contribution in [1.29, 1.82) is 5.39 Å². The van der Waals surface area contributed by atoms with Crippen molar-refractivity contribution in [1.82, 2.24) is 9.88 Å². The van der Waals surface area contributed by atoms with Crippen molar-refractivity contribution >= 4 is 11.7 Å². The third kappa shape index (κ3) is 1.27. The van der Waals surface area contributed by atoms with Gasteiger partial charge < -0.3 is 4.90 Å². The molecule has 0 aromatic carbocycles. The number of nitrogens with one attached hydrogen (secondary N) is 1. The average molecular weight is 165 g/mol. The second-order valence-corrected chi connectivity index (χ2v) is 2.54. The lowest BCUT2D eigenvalue weighted by Crippen LogP contribution is -2.21. The highest BCUT2D eigenvalue weighted by atomic mass is 16.2. The molecular weight excluding hydrogens is 156 g/mol. The summed E-state index contributed by atoms with van der Waals surface area (Å²) in [6.45, 7) is 0. The Morgan fingerprint density at radius 1 is 1.67 bits per heavy atom. The minimum atomic E-state index is -0.191. The van der Waals surface area contributed by atoms with Crippen LogP contribution in [0, 0.1) is 5.39 Å². The summed E-state index contributed by atoms with van der Waals surface area (Å²) in [5.41, 5.74) is 0.363. The van der Waals surface area contributed by atoms with E-state index in [0.717, 1.165) is 0 Å². The number of hydrogen-bond donors (Lipinski definition) is 1. The average Bonchev–Trinajstić information content (AvgIpc) is 2.49. The van der Waals surface area contributed by atoms with E-state index in [2.05, 4.69) is 9.96 Å². The number of H-pyrrole nitrogens is 1. The van der Waals surface area contributed by atoms with Crippen molar-refractivity contribution in [3.05, 3.63) is 22.8 Å². The van der Waals surface area contributed by atoms with Gasteiger partial charge in [-0.1, -0.05) is 0 Å². The molecule has 0 aliphatic carbocycles. The zero-order valence-electron chi connectivity index (χ0n) is 6.90. The van der Waals surface area contributed by atoms with Crippen molar-refractivity contribution in [2.75, 3.05) is 14.1 Å². The molecule has 0 saturated heterocycles. The smallest absolute Gasteiger partial charge is 0.344 e. The van der Waals surface area contributed by atoms with Crippen LogP contribution in [-0.4, -0.2) is 29.9 Å². The normalized spacial score (nSPS) is 9.08. The predicted molar refractivity (Wildman–Crippen MR) is 43.6 cm³/mol. The number of carbonyl (C=O) groups excluding carboxylic acids is 1. The third-order valence-corrected chi connectivity index (χ3v) is 1.46. The minimum Gasteiger partial charge on any atom is -0.344 e. The molecule has 1 aromatic rings. The summed E-state index contributed by atoms with van der Waals surface area (Å²) < 4.78 is 0. The molecule has 5 heteroatoms. The topological polar surface area (TPSA) is 64.2 Å². The fourth-order valence-electron chi connectivity index (χ4n) is 0.857. The van der Waals surface area contributed by atoms with Crippen LogP contribution in [0.2, 0.25) is 0 Å². The SMILES string of the molecule is CN(C)C(=O)c1cc[nH]c1[N+]#N. The van der Waals surface area contributed by atoms with Gasteiger partial charge in [0, 0.05) is 19.1 Å². The number of rotatable bonds is 1. The molecule has 0 unspecified atom stereocenters. The summed E-state index contributed by atoms with van der Waals surface area (Å²) in [5, 5.41) is 8.46. The van der Waals surface area contributed by atoms with Gasteiger partial charge in [-0.2, -0.15) is 0 Å². The van der Waals surface area contributed by atoms with Crippen LogP contribution in [0.5, 0.6) is 0 Å². The Kier molecular flexibility index (Phi) is 2.10. The van der Waals surface area contributed by atoms with Crippen LogP contribution >= 0.6 is 0 Å². The Morgan fingerprint density at radius 2 is 2.33 bits per heavy atom. The molecule has 0 radical (unpaired) electrons. The van der Waals surface area contributed by atoms with Crippen LogP contribution in [0.15, 0.2) is 12.3 Å². The Bertz CT molecular complexity index is 333. The molecule has 0 bridgehead atoms. The summed E-state index contributed by atoms with van der Waals surface area (Å²) in [5.74, 6) is -0.00208. The fraction of sp³-hybridized carbons (Fsp3) is 0.286. The number of carbonyl (C=O) groups is 1. The van der Waals surface area contributed by atoms with E-state index in [9.17, 15) is 4.79 Å². The zero-order chi connectivity index (χ0) is 9.14. The van der Waals surface area contributed by atoms with E-state index in [1.165, 1.54) is 4.90 Å². The van der Waals surface area contributed by atoms with Crippen molar-refractivity contribution in [2.24, 2.45) is 0 Å².